The maximum absolute atomic E-state index is 3.71. The van der Waals surface area contributed by atoms with Gasteiger partial charge in [-0.2, -0.15) is 0 Å². The van der Waals surface area contributed by atoms with Crippen molar-refractivity contribution in [2.45, 2.75) is 57.4 Å². The van der Waals surface area contributed by atoms with Gasteiger partial charge >= 0.3 is 0 Å². The third-order valence-corrected chi connectivity index (χ3v) is 3.77. The number of hydrogen-bond donors (Lipinski definition) is 1. The molecule has 94 valence electrons. The molecular weight excluding hydrogens is 206 g/mol. The summed E-state index contributed by atoms with van der Waals surface area (Å²) in [6, 6.07) is 11.6. The molecule has 0 amide bonds. The zero-order valence-corrected chi connectivity index (χ0v) is 10.8. The molecule has 1 fully saturated rings. The highest BCUT2D eigenvalue weighted by Gasteiger charge is 2.11. The molecule has 1 saturated carbocycles. The second kappa shape index (κ2) is 7.50. The first-order chi connectivity index (χ1) is 8.45. The van der Waals surface area contributed by atoms with Crippen LogP contribution < -0.4 is 5.32 Å². The molecule has 17 heavy (non-hydrogen) atoms. The minimum atomic E-state index is 0.820. The summed E-state index contributed by atoms with van der Waals surface area (Å²) < 4.78 is 0. The lowest BCUT2D eigenvalue weighted by Crippen LogP contribution is -2.31. The monoisotopic (exact) mass is 231 g/mol. The molecule has 2 rings (SSSR count). The number of aryl methyl sites for hydroxylation is 1. The molecule has 1 N–H and O–H groups in total. The summed E-state index contributed by atoms with van der Waals surface area (Å²) >= 11 is 0. The number of benzene rings is 1. The van der Waals surface area contributed by atoms with Gasteiger partial charge in [0.15, 0.2) is 0 Å². The summed E-state index contributed by atoms with van der Waals surface area (Å²) in [5.74, 6) is 0. The van der Waals surface area contributed by atoms with Crippen LogP contribution in [0.4, 0.5) is 0 Å². The Balaban J connectivity index is 1.51. The third-order valence-electron chi connectivity index (χ3n) is 3.77. The fourth-order valence-electron chi connectivity index (χ4n) is 2.71. The maximum Gasteiger partial charge on any atom is 0.00670 e. The largest absolute Gasteiger partial charge is 0.314 e. The molecule has 1 aromatic carbocycles. The number of nitrogens with one attached hydrogen (secondary N) is 1. The third kappa shape index (κ3) is 4.91. The lowest BCUT2D eigenvalue weighted by Gasteiger charge is -2.22. The molecule has 1 nitrogen and oxygen atoms in total. The van der Waals surface area contributed by atoms with Crippen molar-refractivity contribution in [3.05, 3.63) is 35.9 Å². The Labute approximate surface area is 106 Å². The Bertz CT molecular complexity index is 288. The summed E-state index contributed by atoms with van der Waals surface area (Å²) in [5, 5.41) is 3.71. The highest BCUT2D eigenvalue weighted by molar-refractivity contribution is 5.14. The summed E-state index contributed by atoms with van der Waals surface area (Å²) in [6.07, 6.45) is 11.0. The van der Waals surface area contributed by atoms with E-state index in [-0.39, 0.29) is 0 Å². The average Bonchev–Trinajstić information content (AvgIpc) is 2.41. The molecular formula is C16H25N. The average molecular weight is 231 g/mol. The number of hydrogen-bond acceptors (Lipinski definition) is 1. The van der Waals surface area contributed by atoms with E-state index in [0.29, 0.717) is 0 Å². The minimum absolute atomic E-state index is 0.820. The predicted octanol–water partition coefficient (Wildman–Crippen LogP) is 3.93. The Morgan fingerprint density at radius 2 is 1.71 bits per heavy atom. The van der Waals surface area contributed by atoms with Crippen LogP contribution >= 0.6 is 0 Å². The number of rotatable bonds is 6. The molecule has 0 heterocycles. The molecule has 0 aliphatic heterocycles. The fraction of sp³-hybridized carbons (Fsp3) is 0.625. The van der Waals surface area contributed by atoms with Crippen LogP contribution in [0.1, 0.15) is 50.5 Å². The van der Waals surface area contributed by atoms with Crippen molar-refractivity contribution in [1.29, 1.82) is 0 Å². The van der Waals surface area contributed by atoms with E-state index in [1.807, 2.05) is 0 Å². The van der Waals surface area contributed by atoms with E-state index in [4.69, 9.17) is 0 Å². The summed E-state index contributed by atoms with van der Waals surface area (Å²) in [4.78, 5) is 0. The molecule has 0 unspecified atom stereocenters. The summed E-state index contributed by atoms with van der Waals surface area (Å²) in [7, 11) is 0. The van der Waals surface area contributed by atoms with Gasteiger partial charge in [0.1, 0.15) is 0 Å². The molecule has 0 atom stereocenters. The number of unbranched alkanes of at least 4 members (excludes halogenated alkanes) is 1. The van der Waals surface area contributed by atoms with Crippen molar-refractivity contribution in [2.75, 3.05) is 6.54 Å². The van der Waals surface area contributed by atoms with Crippen LogP contribution in [-0.2, 0) is 6.42 Å². The van der Waals surface area contributed by atoms with Crippen molar-refractivity contribution in [3.63, 3.8) is 0 Å². The van der Waals surface area contributed by atoms with Gasteiger partial charge in [-0.05, 0) is 44.2 Å². The van der Waals surface area contributed by atoms with E-state index in [0.717, 1.165) is 6.04 Å². The van der Waals surface area contributed by atoms with Crippen molar-refractivity contribution in [1.82, 2.24) is 5.32 Å². The molecule has 1 aliphatic rings. The van der Waals surface area contributed by atoms with E-state index >= 15 is 0 Å². The van der Waals surface area contributed by atoms with Crippen LogP contribution in [0.3, 0.4) is 0 Å². The van der Waals surface area contributed by atoms with Gasteiger partial charge in [-0.1, -0.05) is 49.6 Å². The molecule has 0 bridgehead atoms. The SMILES string of the molecule is c1ccc(CCCCNC2CCCCC2)cc1. The van der Waals surface area contributed by atoms with Crippen molar-refractivity contribution in [3.8, 4) is 0 Å². The van der Waals surface area contributed by atoms with Crippen LogP contribution in [0.5, 0.6) is 0 Å². The first-order valence-corrected chi connectivity index (χ1v) is 7.22. The predicted molar refractivity (Wildman–Crippen MR) is 74.3 cm³/mol. The summed E-state index contributed by atoms with van der Waals surface area (Å²) in [6.45, 7) is 1.21. The van der Waals surface area contributed by atoms with Crippen molar-refractivity contribution >= 4 is 0 Å². The molecule has 0 saturated heterocycles. The lowest BCUT2D eigenvalue weighted by atomic mass is 9.95. The minimum Gasteiger partial charge on any atom is -0.314 e. The summed E-state index contributed by atoms with van der Waals surface area (Å²) in [5.41, 5.74) is 1.48. The van der Waals surface area contributed by atoms with Gasteiger partial charge in [-0.3, -0.25) is 0 Å². The van der Waals surface area contributed by atoms with Crippen LogP contribution in [0, 0.1) is 0 Å². The fourth-order valence-corrected chi connectivity index (χ4v) is 2.71. The van der Waals surface area contributed by atoms with E-state index in [1.165, 1.54) is 63.5 Å². The standard InChI is InChI=1S/C16H25N/c1-3-9-15(10-4-1)11-7-8-14-17-16-12-5-2-6-13-16/h1,3-4,9-10,16-17H,2,5-8,11-14H2. The van der Waals surface area contributed by atoms with Crippen LogP contribution in [0.25, 0.3) is 0 Å². The van der Waals surface area contributed by atoms with Gasteiger partial charge < -0.3 is 5.32 Å². The highest BCUT2D eigenvalue weighted by Crippen LogP contribution is 2.17. The van der Waals surface area contributed by atoms with E-state index < -0.39 is 0 Å². The topological polar surface area (TPSA) is 12.0 Å². The van der Waals surface area contributed by atoms with Crippen LogP contribution in [0.2, 0.25) is 0 Å². The second-order valence-corrected chi connectivity index (χ2v) is 5.23. The van der Waals surface area contributed by atoms with E-state index in [2.05, 4.69) is 35.6 Å². The zero-order chi connectivity index (χ0) is 11.8. The highest BCUT2D eigenvalue weighted by atomic mass is 14.9. The lowest BCUT2D eigenvalue weighted by molar-refractivity contribution is 0.371. The molecule has 0 spiro atoms. The normalized spacial score (nSPS) is 17.2. The smallest absolute Gasteiger partial charge is 0.00670 e. The van der Waals surface area contributed by atoms with Crippen molar-refractivity contribution in [2.24, 2.45) is 0 Å². The van der Waals surface area contributed by atoms with Gasteiger partial charge in [0.2, 0.25) is 0 Å². The van der Waals surface area contributed by atoms with Gasteiger partial charge in [0, 0.05) is 6.04 Å². The quantitative estimate of drug-likeness (QED) is 0.731. The molecule has 0 aromatic heterocycles. The maximum atomic E-state index is 3.71. The first kappa shape index (κ1) is 12.6. The van der Waals surface area contributed by atoms with E-state index in [9.17, 15) is 0 Å². The Morgan fingerprint density at radius 3 is 2.47 bits per heavy atom. The molecule has 0 radical (unpaired) electrons. The van der Waals surface area contributed by atoms with Gasteiger partial charge in [0.25, 0.3) is 0 Å². The Hall–Kier alpha value is -0.820. The first-order valence-electron chi connectivity index (χ1n) is 7.22. The zero-order valence-electron chi connectivity index (χ0n) is 10.8. The van der Waals surface area contributed by atoms with Gasteiger partial charge in [-0.25, -0.2) is 0 Å². The van der Waals surface area contributed by atoms with E-state index in [1.54, 1.807) is 0 Å². The molecule has 1 heteroatoms. The van der Waals surface area contributed by atoms with Crippen molar-refractivity contribution < 1.29 is 0 Å². The van der Waals surface area contributed by atoms with Gasteiger partial charge in [-0.15, -0.1) is 0 Å². The Kier molecular flexibility index (Phi) is 5.57. The second-order valence-electron chi connectivity index (χ2n) is 5.23. The Morgan fingerprint density at radius 1 is 0.941 bits per heavy atom. The van der Waals surface area contributed by atoms with Gasteiger partial charge in [0.05, 0.1) is 0 Å². The van der Waals surface area contributed by atoms with Crippen LogP contribution in [-0.4, -0.2) is 12.6 Å². The molecule has 1 aliphatic carbocycles. The molecule has 1 aromatic rings. The van der Waals surface area contributed by atoms with Crippen LogP contribution in [0.15, 0.2) is 30.3 Å².